The molecule has 2 aliphatic heterocycles. The minimum atomic E-state index is -0.611. The number of piperidine rings is 1. The molecule has 3 rings (SSSR count). The van der Waals surface area contributed by atoms with Crippen LogP contribution in [0.1, 0.15) is 46.0 Å². The minimum absolute atomic E-state index is 0.190. The van der Waals surface area contributed by atoms with Gasteiger partial charge in [-0.2, -0.15) is 0 Å². The van der Waals surface area contributed by atoms with E-state index in [0.717, 1.165) is 57.7 Å². The van der Waals surface area contributed by atoms with E-state index in [1.165, 1.54) is 6.42 Å². The first kappa shape index (κ1) is 22.4. The van der Waals surface area contributed by atoms with Crippen LogP contribution in [-0.2, 0) is 9.53 Å². The summed E-state index contributed by atoms with van der Waals surface area (Å²) in [6.07, 6.45) is 4.94. The smallest absolute Gasteiger partial charge is 0.225 e. The molecule has 0 N–H and O–H groups in total. The molecule has 2 fully saturated rings. The van der Waals surface area contributed by atoms with Crippen LogP contribution in [0, 0.1) is 5.92 Å². The number of likely N-dealkylation sites (tertiary alicyclic amines) is 1. The Morgan fingerprint density at radius 2 is 1.93 bits per heavy atom. The molecule has 5 nitrogen and oxygen atoms in total. The van der Waals surface area contributed by atoms with Crippen molar-refractivity contribution in [2.75, 3.05) is 45.9 Å². The molecule has 162 valence electrons. The number of nitrogens with zero attached hydrogens (tertiary/aromatic N) is 2. The fraction of sp³-hybridized carbons (Fsp3) is 0.696. The maximum atomic E-state index is 13.1. The third kappa shape index (κ3) is 6.59. The largest absolute Gasteiger partial charge is 0.491 e. The van der Waals surface area contributed by atoms with Gasteiger partial charge in [0.15, 0.2) is 0 Å². The molecule has 0 radical (unpaired) electrons. The molecule has 2 heterocycles. The number of hydrogen-bond acceptors (Lipinski definition) is 4. The highest BCUT2D eigenvalue weighted by Gasteiger charge is 2.41. The molecule has 2 atom stereocenters. The van der Waals surface area contributed by atoms with Gasteiger partial charge in [0.2, 0.25) is 5.91 Å². The van der Waals surface area contributed by atoms with Crippen LogP contribution in [0.3, 0.4) is 0 Å². The van der Waals surface area contributed by atoms with Crippen molar-refractivity contribution in [3.05, 3.63) is 29.3 Å². The van der Waals surface area contributed by atoms with Gasteiger partial charge in [0, 0.05) is 37.7 Å². The molecule has 2 aliphatic rings. The van der Waals surface area contributed by atoms with E-state index in [9.17, 15) is 4.79 Å². The molecule has 2 saturated heterocycles. The van der Waals surface area contributed by atoms with Gasteiger partial charge in [-0.05, 0) is 49.4 Å². The lowest BCUT2D eigenvalue weighted by Gasteiger charge is -2.43. The Morgan fingerprint density at radius 3 is 2.62 bits per heavy atom. The predicted octanol–water partition coefficient (Wildman–Crippen LogP) is 4.24. The molecule has 0 spiro atoms. The lowest BCUT2D eigenvalue weighted by atomic mass is 9.95. The van der Waals surface area contributed by atoms with Gasteiger partial charge in [-0.15, -0.1) is 0 Å². The second-order valence-corrected chi connectivity index (χ2v) is 9.08. The fourth-order valence-electron chi connectivity index (χ4n) is 4.17. The molecule has 6 heteroatoms. The Bertz CT molecular complexity index is 648. The van der Waals surface area contributed by atoms with Crippen molar-refractivity contribution in [3.8, 4) is 5.75 Å². The molecular formula is C23H35ClN2O3. The number of hydrogen-bond donors (Lipinski definition) is 0. The van der Waals surface area contributed by atoms with Crippen LogP contribution in [0.25, 0.3) is 0 Å². The summed E-state index contributed by atoms with van der Waals surface area (Å²) in [7, 11) is 0. The third-order valence-electron chi connectivity index (χ3n) is 6.09. The summed E-state index contributed by atoms with van der Waals surface area (Å²) < 4.78 is 12.4. The predicted molar refractivity (Wildman–Crippen MR) is 117 cm³/mol. The number of amides is 1. The summed E-state index contributed by atoms with van der Waals surface area (Å²) >= 11 is 5.99. The van der Waals surface area contributed by atoms with Gasteiger partial charge in [-0.25, -0.2) is 0 Å². The molecule has 29 heavy (non-hydrogen) atoms. The van der Waals surface area contributed by atoms with E-state index < -0.39 is 5.60 Å². The first-order chi connectivity index (χ1) is 14.0. The quantitative estimate of drug-likeness (QED) is 0.628. The molecule has 0 aromatic heterocycles. The van der Waals surface area contributed by atoms with Crippen LogP contribution in [0.15, 0.2) is 24.3 Å². The van der Waals surface area contributed by atoms with E-state index >= 15 is 0 Å². The monoisotopic (exact) mass is 422 g/mol. The van der Waals surface area contributed by atoms with Gasteiger partial charge in [0.25, 0.3) is 0 Å². The van der Waals surface area contributed by atoms with Crippen LogP contribution in [0.2, 0.25) is 5.02 Å². The van der Waals surface area contributed by atoms with Gasteiger partial charge in [-0.1, -0.05) is 31.9 Å². The van der Waals surface area contributed by atoms with Crippen molar-refractivity contribution in [2.45, 2.75) is 51.6 Å². The maximum absolute atomic E-state index is 13.1. The van der Waals surface area contributed by atoms with Gasteiger partial charge < -0.3 is 14.4 Å². The van der Waals surface area contributed by atoms with Crippen molar-refractivity contribution < 1.29 is 14.3 Å². The van der Waals surface area contributed by atoms with Crippen LogP contribution in [0.4, 0.5) is 0 Å². The Kier molecular flexibility index (Phi) is 8.22. The van der Waals surface area contributed by atoms with Gasteiger partial charge in [0.05, 0.1) is 13.0 Å². The van der Waals surface area contributed by atoms with E-state index in [1.54, 1.807) is 0 Å². The highest BCUT2D eigenvalue weighted by atomic mass is 35.5. The average molecular weight is 423 g/mol. The average Bonchev–Trinajstić information content (AvgIpc) is 2.74. The first-order valence-corrected chi connectivity index (χ1v) is 11.4. The van der Waals surface area contributed by atoms with Gasteiger partial charge in [0.1, 0.15) is 18.0 Å². The zero-order valence-electron chi connectivity index (χ0n) is 17.9. The standard InChI is InChI=1S/C23H35ClN2O3/c1-3-19(2)16-25-13-14-29-23(17-25,15-22(27)26-11-5-4-6-12-26)18-28-21-9-7-20(24)8-10-21/h7-10,19H,3-6,11-18H2,1-2H3/t19-,23+/m0/s1. The second kappa shape index (κ2) is 10.6. The van der Waals surface area contributed by atoms with Crippen LogP contribution < -0.4 is 4.74 Å². The SMILES string of the molecule is CC[C@H](C)CN1CCO[C@](COc2ccc(Cl)cc2)(CC(=O)N2CCCCC2)C1. The van der Waals surface area contributed by atoms with Crippen molar-refractivity contribution >= 4 is 17.5 Å². The lowest BCUT2D eigenvalue weighted by molar-refractivity contribution is -0.157. The summed E-state index contributed by atoms with van der Waals surface area (Å²) in [5, 5.41) is 0.681. The second-order valence-electron chi connectivity index (χ2n) is 8.64. The molecule has 1 aromatic rings. The number of carbonyl (C=O) groups is 1. The molecule has 0 saturated carbocycles. The van der Waals surface area contributed by atoms with E-state index in [2.05, 4.69) is 18.7 Å². The summed E-state index contributed by atoms with van der Waals surface area (Å²) in [5.74, 6) is 1.57. The molecule has 0 bridgehead atoms. The Morgan fingerprint density at radius 1 is 1.21 bits per heavy atom. The number of benzene rings is 1. The Hall–Kier alpha value is -1.30. The maximum Gasteiger partial charge on any atom is 0.225 e. The molecule has 0 aliphatic carbocycles. The summed E-state index contributed by atoms with van der Waals surface area (Å²) in [6.45, 7) is 9.89. The van der Waals surface area contributed by atoms with Crippen LogP contribution in [0.5, 0.6) is 5.75 Å². The van der Waals surface area contributed by atoms with Gasteiger partial charge in [-0.3, -0.25) is 9.69 Å². The summed E-state index contributed by atoms with van der Waals surface area (Å²) in [4.78, 5) is 17.5. The highest BCUT2D eigenvalue weighted by Crippen LogP contribution is 2.27. The molecule has 0 unspecified atom stereocenters. The minimum Gasteiger partial charge on any atom is -0.491 e. The summed E-state index contributed by atoms with van der Waals surface area (Å²) in [5.41, 5.74) is -0.611. The number of ether oxygens (including phenoxy) is 2. The van der Waals surface area contributed by atoms with Crippen LogP contribution in [-0.4, -0.2) is 67.2 Å². The van der Waals surface area contributed by atoms with Crippen molar-refractivity contribution in [1.29, 1.82) is 0 Å². The fourth-order valence-corrected chi connectivity index (χ4v) is 4.30. The molecule has 1 aromatic carbocycles. The zero-order chi connectivity index (χ0) is 20.7. The number of carbonyl (C=O) groups excluding carboxylic acids is 1. The van der Waals surface area contributed by atoms with Crippen molar-refractivity contribution in [3.63, 3.8) is 0 Å². The molecule has 1 amide bonds. The van der Waals surface area contributed by atoms with E-state index in [1.807, 2.05) is 29.2 Å². The van der Waals surface area contributed by atoms with E-state index in [0.29, 0.717) is 30.6 Å². The molecular weight excluding hydrogens is 388 g/mol. The van der Waals surface area contributed by atoms with Crippen LogP contribution >= 0.6 is 11.6 Å². The number of halogens is 1. The summed E-state index contributed by atoms with van der Waals surface area (Å²) in [6, 6.07) is 7.36. The van der Waals surface area contributed by atoms with Crippen molar-refractivity contribution in [2.24, 2.45) is 5.92 Å². The van der Waals surface area contributed by atoms with Gasteiger partial charge >= 0.3 is 0 Å². The number of morpholine rings is 1. The third-order valence-corrected chi connectivity index (χ3v) is 6.34. The first-order valence-electron chi connectivity index (χ1n) is 11.0. The Balaban J connectivity index is 1.70. The lowest BCUT2D eigenvalue weighted by Crippen LogP contribution is -2.57. The van der Waals surface area contributed by atoms with E-state index in [-0.39, 0.29) is 5.91 Å². The van der Waals surface area contributed by atoms with E-state index in [4.69, 9.17) is 21.1 Å². The zero-order valence-corrected chi connectivity index (χ0v) is 18.6. The number of rotatable bonds is 8. The topological polar surface area (TPSA) is 42.0 Å². The Labute approximate surface area is 180 Å². The highest BCUT2D eigenvalue weighted by molar-refractivity contribution is 6.30. The van der Waals surface area contributed by atoms with Crippen molar-refractivity contribution in [1.82, 2.24) is 9.80 Å². The normalized spacial score (nSPS) is 24.3.